The van der Waals surface area contributed by atoms with Crippen LogP contribution in [0.15, 0.2) is 10.5 Å². The second-order valence-corrected chi connectivity index (χ2v) is 6.23. The van der Waals surface area contributed by atoms with E-state index in [1.54, 1.807) is 0 Å². The van der Waals surface area contributed by atoms with Gasteiger partial charge in [-0.2, -0.15) is 0 Å². The van der Waals surface area contributed by atoms with Crippen LogP contribution in [-0.2, 0) is 0 Å². The van der Waals surface area contributed by atoms with Crippen molar-refractivity contribution in [3.63, 3.8) is 0 Å². The summed E-state index contributed by atoms with van der Waals surface area (Å²) in [4.78, 5) is 12.4. The molecule has 0 spiro atoms. The van der Waals surface area contributed by atoms with E-state index in [0.29, 0.717) is 11.7 Å². The third kappa shape index (κ3) is 3.06. The number of aryl methyl sites for hydroxylation is 2. The Morgan fingerprint density at radius 3 is 2.55 bits per heavy atom. The fourth-order valence-corrected chi connectivity index (χ4v) is 3.19. The number of hydrogen-bond donors (Lipinski definition) is 2. The number of hydrogen-bond acceptors (Lipinski definition) is 3. The van der Waals surface area contributed by atoms with Gasteiger partial charge in [0.2, 0.25) is 0 Å². The fourth-order valence-electron chi connectivity index (χ4n) is 3.19. The first-order valence-electron chi connectivity index (χ1n) is 7.46. The Morgan fingerprint density at radius 1 is 1.40 bits per heavy atom. The van der Waals surface area contributed by atoms with Gasteiger partial charge in [0.1, 0.15) is 5.76 Å². The van der Waals surface area contributed by atoms with Crippen LogP contribution in [0.4, 0.5) is 0 Å². The number of nitrogens with one attached hydrogen (secondary N) is 1. The Balaban J connectivity index is 2.12. The summed E-state index contributed by atoms with van der Waals surface area (Å²) in [6.07, 6.45) is 5.73. The molecule has 1 saturated carbocycles. The molecule has 0 bridgehead atoms. The molecule has 0 unspecified atom stereocenters. The normalized spacial score (nSPS) is 19.6. The van der Waals surface area contributed by atoms with Crippen LogP contribution in [0, 0.1) is 19.8 Å². The number of rotatable bonds is 4. The van der Waals surface area contributed by atoms with Gasteiger partial charge in [0.25, 0.3) is 5.91 Å². The second-order valence-electron chi connectivity index (χ2n) is 6.23. The van der Waals surface area contributed by atoms with Crippen LogP contribution < -0.4 is 5.32 Å². The lowest BCUT2D eigenvalue weighted by Crippen LogP contribution is -2.54. The number of furan rings is 1. The first-order chi connectivity index (χ1) is 9.46. The zero-order chi connectivity index (χ0) is 14.8. The van der Waals surface area contributed by atoms with Gasteiger partial charge in [0, 0.05) is 5.56 Å². The molecule has 0 aliphatic heterocycles. The quantitative estimate of drug-likeness (QED) is 0.890. The van der Waals surface area contributed by atoms with Gasteiger partial charge in [-0.25, -0.2) is 0 Å². The van der Waals surface area contributed by atoms with Crippen molar-refractivity contribution in [1.29, 1.82) is 0 Å². The maximum atomic E-state index is 12.4. The molecule has 1 amide bonds. The standard InChI is InChI=1S/C16H25NO3/c1-11-9-12(2)20-14(11)15(19)17-16(3,10-18)13-7-5-4-6-8-13/h9,13,18H,4-8,10H2,1-3H3,(H,17,19)/t16-/m1/s1. The van der Waals surface area contributed by atoms with E-state index < -0.39 is 5.54 Å². The van der Waals surface area contributed by atoms with Crippen LogP contribution in [0.2, 0.25) is 0 Å². The molecule has 1 fully saturated rings. The zero-order valence-electron chi connectivity index (χ0n) is 12.7. The smallest absolute Gasteiger partial charge is 0.287 e. The van der Waals surface area contributed by atoms with Crippen LogP contribution in [-0.4, -0.2) is 23.2 Å². The summed E-state index contributed by atoms with van der Waals surface area (Å²) in [7, 11) is 0. The largest absolute Gasteiger partial charge is 0.456 e. The Labute approximate surface area is 120 Å². The van der Waals surface area contributed by atoms with Crippen molar-refractivity contribution in [2.75, 3.05) is 6.61 Å². The maximum Gasteiger partial charge on any atom is 0.287 e. The van der Waals surface area contributed by atoms with Crippen molar-refractivity contribution in [3.05, 3.63) is 23.2 Å². The van der Waals surface area contributed by atoms with Crippen LogP contribution in [0.25, 0.3) is 0 Å². The molecule has 2 rings (SSSR count). The number of carbonyl (C=O) groups excluding carboxylic acids is 1. The third-order valence-electron chi connectivity index (χ3n) is 4.48. The average Bonchev–Trinajstić information content (AvgIpc) is 2.78. The van der Waals surface area contributed by atoms with Gasteiger partial charge in [-0.15, -0.1) is 0 Å². The van der Waals surface area contributed by atoms with Crippen LogP contribution in [0.1, 0.15) is 60.9 Å². The first-order valence-corrected chi connectivity index (χ1v) is 7.46. The Kier molecular flexibility index (Phi) is 4.53. The fraction of sp³-hybridized carbons (Fsp3) is 0.688. The van der Waals surface area contributed by atoms with E-state index in [2.05, 4.69) is 5.32 Å². The van der Waals surface area contributed by atoms with E-state index >= 15 is 0 Å². The number of aliphatic hydroxyl groups excluding tert-OH is 1. The Morgan fingerprint density at radius 2 is 2.05 bits per heavy atom. The Bertz CT molecular complexity index is 474. The predicted molar refractivity (Wildman–Crippen MR) is 77.7 cm³/mol. The van der Waals surface area contributed by atoms with E-state index in [1.807, 2.05) is 26.8 Å². The highest BCUT2D eigenvalue weighted by atomic mass is 16.3. The minimum atomic E-state index is -0.565. The second kappa shape index (κ2) is 6.00. The van der Waals surface area contributed by atoms with Crippen molar-refractivity contribution < 1.29 is 14.3 Å². The van der Waals surface area contributed by atoms with E-state index in [0.717, 1.165) is 24.2 Å². The highest BCUT2D eigenvalue weighted by molar-refractivity contribution is 5.93. The molecule has 20 heavy (non-hydrogen) atoms. The van der Waals surface area contributed by atoms with Gasteiger partial charge in [-0.3, -0.25) is 4.79 Å². The molecule has 4 heteroatoms. The molecule has 4 nitrogen and oxygen atoms in total. The molecule has 1 aliphatic carbocycles. The molecule has 1 atom stereocenters. The van der Waals surface area contributed by atoms with Gasteiger partial charge < -0.3 is 14.8 Å². The lowest BCUT2D eigenvalue weighted by atomic mass is 9.76. The highest BCUT2D eigenvalue weighted by Gasteiger charge is 2.36. The van der Waals surface area contributed by atoms with Crippen LogP contribution >= 0.6 is 0 Å². The summed E-state index contributed by atoms with van der Waals surface area (Å²) < 4.78 is 5.46. The van der Waals surface area contributed by atoms with Crippen molar-refractivity contribution in [2.45, 2.75) is 58.4 Å². The minimum Gasteiger partial charge on any atom is -0.456 e. The topological polar surface area (TPSA) is 62.5 Å². The van der Waals surface area contributed by atoms with Crippen molar-refractivity contribution >= 4 is 5.91 Å². The highest BCUT2D eigenvalue weighted by Crippen LogP contribution is 2.32. The van der Waals surface area contributed by atoms with Gasteiger partial charge in [0.15, 0.2) is 5.76 Å². The monoisotopic (exact) mass is 279 g/mol. The summed E-state index contributed by atoms with van der Waals surface area (Å²) >= 11 is 0. The molecular weight excluding hydrogens is 254 g/mol. The molecule has 112 valence electrons. The molecule has 0 aromatic carbocycles. The number of aliphatic hydroxyl groups is 1. The average molecular weight is 279 g/mol. The number of carbonyl (C=O) groups is 1. The van der Waals surface area contributed by atoms with Crippen molar-refractivity contribution in [1.82, 2.24) is 5.32 Å². The van der Waals surface area contributed by atoms with Gasteiger partial charge in [-0.1, -0.05) is 19.3 Å². The maximum absolute atomic E-state index is 12.4. The van der Waals surface area contributed by atoms with Gasteiger partial charge >= 0.3 is 0 Å². The molecule has 0 radical (unpaired) electrons. The van der Waals surface area contributed by atoms with E-state index in [4.69, 9.17) is 4.42 Å². The summed E-state index contributed by atoms with van der Waals surface area (Å²) in [5, 5.41) is 12.8. The summed E-state index contributed by atoms with van der Waals surface area (Å²) in [5.74, 6) is 1.20. The van der Waals surface area contributed by atoms with Crippen molar-refractivity contribution in [3.8, 4) is 0 Å². The third-order valence-corrected chi connectivity index (χ3v) is 4.48. The summed E-state index contributed by atoms with van der Waals surface area (Å²) in [6, 6.07) is 1.85. The molecular formula is C16H25NO3. The van der Waals surface area contributed by atoms with Gasteiger partial charge in [0.05, 0.1) is 12.1 Å². The summed E-state index contributed by atoms with van der Waals surface area (Å²) in [5.41, 5.74) is 0.272. The van der Waals surface area contributed by atoms with Crippen molar-refractivity contribution in [2.24, 2.45) is 5.92 Å². The molecule has 1 aromatic rings. The lowest BCUT2D eigenvalue weighted by Gasteiger charge is -2.39. The number of amides is 1. The van der Waals surface area contributed by atoms with E-state index in [9.17, 15) is 9.90 Å². The predicted octanol–water partition coefficient (Wildman–Crippen LogP) is 2.96. The Hall–Kier alpha value is -1.29. The minimum absolute atomic E-state index is 0.0395. The molecule has 0 saturated heterocycles. The van der Waals surface area contributed by atoms with E-state index in [1.165, 1.54) is 19.3 Å². The summed E-state index contributed by atoms with van der Waals surface area (Å²) in [6.45, 7) is 5.59. The van der Waals surface area contributed by atoms with E-state index in [-0.39, 0.29) is 12.5 Å². The SMILES string of the molecule is Cc1cc(C)c(C(=O)N[C@](C)(CO)C2CCCCC2)o1. The van der Waals surface area contributed by atoms with Crippen LogP contribution in [0.5, 0.6) is 0 Å². The van der Waals surface area contributed by atoms with Gasteiger partial charge in [-0.05, 0) is 45.6 Å². The molecule has 1 aromatic heterocycles. The molecule has 1 heterocycles. The van der Waals surface area contributed by atoms with Crippen LogP contribution in [0.3, 0.4) is 0 Å². The first kappa shape index (κ1) is 15.1. The zero-order valence-corrected chi connectivity index (χ0v) is 12.7. The molecule has 1 aliphatic rings. The lowest BCUT2D eigenvalue weighted by molar-refractivity contribution is 0.0655. The molecule has 2 N–H and O–H groups in total.